The van der Waals surface area contributed by atoms with E-state index in [9.17, 15) is 9.90 Å². The van der Waals surface area contributed by atoms with Crippen LogP contribution in [0.3, 0.4) is 0 Å². The van der Waals surface area contributed by atoms with Crippen LogP contribution in [-0.4, -0.2) is 53.6 Å². The predicted molar refractivity (Wildman–Crippen MR) is 86.3 cm³/mol. The summed E-state index contributed by atoms with van der Waals surface area (Å²) in [4.78, 5) is 15.9. The van der Waals surface area contributed by atoms with Gasteiger partial charge in [0.05, 0.1) is 18.2 Å². The van der Waals surface area contributed by atoms with Gasteiger partial charge in [0.25, 0.3) is 0 Å². The van der Waals surface area contributed by atoms with Gasteiger partial charge in [-0.1, -0.05) is 12.1 Å². The molecular weight excluding hydrogens is 290 g/mol. The molecule has 122 valence electrons. The molecule has 0 bridgehead atoms. The van der Waals surface area contributed by atoms with Crippen molar-refractivity contribution >= 4 is 5.91 Å². The highest BCUT2D eigenvalue weighted by molar-refractivity contribution is 5.73. The molecule has 1 amide bonds. The predicted octanol–water partition coefficient (Wildman–Crippen LogP) is 1.22. The minimum absolute atomic E-state index is 0.0977. The van der Waals surface area contributed by atoms with Gasteiger partial charge in [0.15, 0.2) is 0 Å². The minimum atomic E-state index is -0.198. The molecule has 1 aromatic rings. The number of hydrogen-bond donors (Lipinski definition) is 1. The van der Waals surface area contributed by atoms with Gasteiger partial charge in [-0.15, -0.1) is 0 Å². The summed E-state index contributed by atoms with van der Waals surface area (Å²) in [6, 6.07) is 9.86. The molecule has 0 unspecified atom stereocenters. The van der Waals surface area contributed by atoms with Crippen LogP contribution < -0.4 is 0 Å². The molecule has 5 nitrogen and oxygen atoms in total. The van der Waals surface area contributed by atoms with E-state index in [2.05, 4.69) is 11.0 Å². The van der Waals surface area contributed by atoms with Gasteiger partial charge < -0.3 is 10.0 Å². The quantitative estimate of drug-likeness (QED) is 0.911. The Labute approximate surface area is 137 Å². The number of hydrogen-bond acceptors (Lipinski definition) is 4. The van der Waals surface area contributed by atoms with Crippen molar-refractivity contribution < 1.29 is 9.90 Å². The third-order valence-electron chi connectivity index (χ3n) is 5.37. The SMILES string of the molecule is CC(=O)N1C[C@@H]2CCN(Cc3cccc(C#N)c3)C[C@]2(CO)C1. The lowest BCUT2D eigenvalue weighted by Gasteiger charge is -2.43. The van der Waals surface area contributed by atoms with Gasteiger partial charge in [-0.25, -0.2) is 0 Å². The molecule has 2 saturated heterocycles. The fraction of sp³-hybridized carbons (Fsp3) is 0.556. The van der Waals surface area contributed by atoms with Crippen molar-refractivity contribution in [3.8, 4) is 6.07 Å². The third-order valence-corrected chi connectivity index (χ3v) is 5.37. The van der Waals surface area contributed by atoms with Gasteiger partial charge in [-0.05, 0) is 36.6 Å². The van der Waals surface area contributed by atoms with E-state index in [0.29, 0.717) is 18.0 Å². The molecule has 2 heterocycles. The zero-order valence-electron chi connectivity index (χ0n) is 13.5. The lowest BCUT2D eigenvalue weighted by molar-refractivity contribution is -0.128. The van der Waals surface area contributed by atoms with Crippen LogP contribution >= 0.6 is 0 Å². The summed E-state index contributed by atoms with van der Waals surface area (Å²) in [7, 11) is 0. The molecule has 23 heavy (non-hydrogen) atoms. The summed E-state index contributed by atoms with van der Waals surface area (Å²) in [6.45, 7) is 5.70. The normalized spacial score (nSPS) is 27.5. The summed E-state index contributed by atoms with van der Waals surface area (Å²) in [6.07, 6.45) is 1.00. The second kappa shape index (κ2) is 6.31. The lowest BCUT2D eigenvalue weighted by atomic mass is 9.74. The topological polar surface area (TPSA) is 67.6 Å². The molecular formula is C18H23N3O2. The fourth-order valence-electron chi connectivity index (χ4n) is 4.07. The molecule has 3 rings (SSSR count). The largest absolute Gasteiger partial charge is 0.396 e. The number of piperidine rings is 1. The summed E-state index contributed by atoms with van der Waals surface area (Å²) in [5.41, 5.74) is 1.60. The average molecular weight is 313 g/mol. The Morgan fingerprint density at radius 1 is 1.48 bits per heavy atom. The van der Waals surface area contributed by atoms with Gasteiger partial charge in [0, 0.05) is 38.5 Å². The van der Waals surface area contributed by atoms with E-state index >= 15 is 0 Å². The highest BCUT2D eigenvalue weighted by atomic mass is 16.3. The number of nitriles is 1. The van der Waals surface area contributed by atoms with Crippen molar-refractivity contribution in [2.75, 3.05) is 32.8 Å². The van der Waals surface area contributed by atoms with Crippen molar-refractivity contribution in [2.24, 2.45) is 11.3 Å². The monoisotopic (exact) mass is 313 g/mol. The van der Waals surface area contributed by atoms with Gasteiger partial charge in [-0.2, -0.15) is 5.26 Å². The number of benzene rings is 1. The number of likely N-dealkylation sites (tertiary alicyclic amines) is 2. The second-order valence-corrected chi connectivity index (χ2v) is 6.93. The van der Waals surface area contributed by atoms with Crippen LogP contribution in [0.25, 0.3) is 0 Å². The first kappa shape index (κ1) is 16.0. The third kappa shape index (κ3) is 3.10. The van der Waals surface area contributed by atoms with Gasteiger partial charge in [0.2, 0.25) is 5.91 Å². The number of aliphatic hydroxyl groups excluding tert-OH is 1. The van der Waals surface area contributed by atoms with Gasteiger partial charge in [0.1, 0.15) is 0 Å². The van der Waals surface area contributed by atoms with Crippen LogP contribution in [-0.2, 0) is 11.3 Å². The maximum Gasteiger partial charge on any atom is 0.219 e. The highest BCUT2D eigenvalue weighted by Gasteiger charge is 2.49. The molecule has 0 saturated carbocycles. The number of rotatable bonds is 3. The Kier molecular flexibility index (Phi) is 4.38. The van der Waals surface area contributed by atoms with Crippen molar-refractivity contribution in [1.29, 1.82) is 5.26 Å². The molecule has 0 aromatic heterocycles. The van der Waals surface area contributed by atoms with Crippen molar-refractivity contribution in [3.05, 3.63) is 35.4 Å². The Morgan fingerprint density at radius 3 is 3.00 bits per heavy atom. The van der Waals surface area contributed by atoms with Crippen LogP contribution in [0.1, 0.15) is 24.5 Å². The number of carbonyl (C=O) groups excluding carboxylic acids is 1. The first-order chi connectivity index (χ1) is 11.1. The van der Waals surface area contributed by atoms with Crippen molar-refractivity contribution in [3.63, 3.8) is 0 Å². The second-order valence-electron chi connectivity index (χ2n) is 6.93. The molecule has 2 atom stereocenters. The number of aliphatic hydroxyl groups is 1. The van der Waals surface area contributed by atoms with Gasteiger partial charge >= 0.3 is 0 Å². The Hall–Kier alpha value is -1.90. The van der Waals surface area contributed by atoms with Crippen LogP contribution in [0, 0.1) is 22.7 Å². The maximum absolute atomic E-state index is 11.7. The molecule has 5 heteroatoms. The van der Waals surface area contributed by atoms with Crippen LogP contribution in [0.15, 0.2) is 24.3 Å². The van der Waals surface area contributed by atoms with Crippen LogP contribution in [0.2, 0.25) is 0 Å². The van der Waals surface area contributed by atoms with Crippen molar-refractivity contribution in [2.45, 2.75) is 19.9 Å². The molecule has 2 aliphatic heterocycles. The van der Waals surface area contributed by atoms with E-state index in [1.54, 1.807) is 6.92 Å². The van der Waals surface area contributed by atoms with E-state index in [1.807, 2.05) is 29.2 Å². The molecule has 0 spiro atoms. The van der Waals surface area contributed by atoms with E-state index < -0.39 is 0 Å². The number of fused-ring (bicyclic) bond motifs is 1. The van der Waals surface area contributed by atoms with Crippen LogP contribution in [0.4, 0.5) is 0 Å². The lowest BCUT2D eigenvalue weighted by Crippen LogP contribution is -2.50. The zero-order valence-corrected chi connectivity index (χ0v) is 13.5. The smallest absolute Gasteiger partial charge is 0.219 e. The summed E-state index contributed by atoms with van der Waals surface area (Å²) < 4.78 is 0. The average Bonchev–Trinajstić information content (AvgIpc) is 2.95. The van der Waals surface area contributed by atoms with Gasteiger partial charge in [-0.3, -0.25) is 9.69 Å². The van der Waals surface area contributed by atoms with Crippen LogP contribution in [0.5, 0.6) is 0 Å². The number of amides is 1. The molecule has 0 radical (unpaired) electrons. The molecule has 1 aromatic carbocycles. The Bertz CT molecular complexity index is 639. The summed E-state index contributed by atoms with van der Waals surface area (Å²) in [5.74, 6) is 0.485. The minimum Gasteiger partial charge on any atom is -0.396 e. The first-order valence-electron chi connectivity index (χ1n) is 8.14. The number of nitrogens with zero attached hydrogens (tertiary/aromatic N) is 3. The Balaban J connectivity index is 1.72. The summed E-state index contributed by atoms with van der Waals surface area (Å²) >= 11 is 0. The maximum atomic E-state index is 11.7. The molecule has 1 N–H and O–H groups in total. The van der Waals surface area contributed by atoms with E-state index in [-0.39, 0.29) is 17.9 Å². The van der Waals surface area contributed by atoms with E-state index in [1.165, 1.54) is 0 Å². The molecule has 0 aliphatic carbocycles. The summed E-state index contributed by atoms with van der Waals surface area (Å²) in [5, 5.41) is 19.0. The zero-order chi connectivity index (χ0) is 16.4. The van der Waals surface area contributed by atoms with E-state index in [4.69, 9.17) is 5.26 Å². The number of carbonyl (C=O) groups is 1. The Morgan fingerprint density at radius 2 is 2.30 bits per heavy atom. The standard InChI is InChI=1S/C18H23N3O2/c1-14(23)21-10-17-5-6-20(11-18(17,12-21)13-22)9-16-4-2-3-15(7-16)8-19/h2-4,7,17,22H,5-6,9-13H2,1H3/t17-,18+/m0/s1. The van der Waals surface area contributed by atoms with Crippen molar-refractivity contribution in [1.82, 2.24) is 9.80 Å². The van der Waals surface area contributed by atoms with E-state index in [0.717, 1.165) is 38.2 Å². The fourth-order valence-corrected chi connectivity index (χ4v) is 4.07. The molecule has 2 fully saturated rings. The highest BCUT2D eigenvalue weighted by Crippen LogP contribution is 2.42. The molecule has 2 aliphatic rings. The first-order valence-corrected chi connectivity index (χ1v) is 8.14.